The Morgan fingerprint density at radius 3 is 2.63 bits per heavy atom. The minimum absolute atomic E-state index is 0.284. The Bertz CT molecular complexity index is 521. The molecule has 2 heterocycles. The topological polar surface area (TPSA) is 84.9 Å². The van der Waals surface area contributed by atoms with Crippen molar-refractivity contribution in [2.24, 2.45) is 0 Å². The maximum atomic E-state index is 5.01. The first-order chi connectivity index (χ1) is 9.21. The van der Waals surface area contributed by atoms with E-state index in [-0.39, 0.29) is 6.01 Å². The maximum Gasteiger partial charge on any atom is 0.322 e. The Morgan fingerprint density at radius 1 is 1.21 bits per heavy atom. The van der Waals surface area contributed by atoms with Crippen LogP contribution in [0.4, 0.5) is 11.9 Å². The highest BCUT2D eigenvalue weighted by atomic mass is 32.1. The maximum absolute atomic E-state index is 5.01. The monoisotopic (exact) mass is 280 g/mol. The number of anilines is 2. The minimum Gasteiger partial charge on any atom is -0.467 e. The van der Waals surface area contributed by atoms with E-state index >= 15 is 0 Å². The number of ether oxygens (including phenoxy) is 1. The van der Waals surface area contributed by atoms with E-state index in [1.807, 2.05) is 6.92 Å². The van der Waals surface area contributed by atoms with E-state index in [4.69, 9.17) is 4.74 Å². The standard InChI is InChI=1S/C11H16N6OS/c1-7-14-8(6-19-7)4-5-13-10-15-9(12-2)16-11(17-10)18-3/h6H,4-5H2,1-3H3,(H2,12,13,15,16,17). The van der Waals surface area contributed by atoms with Crippen molar-refractivity contribution < 1.29 is 4.74 Å². The van der Waals surface area contributed by atoms with Crippen LogP contribution in [0.1, 0.15) is 10.7 Å². The summed E-state index contributed by atoms with van der Waals surface area (Å²) in [6.07, 6.45) is 0.827. The van der Waals surface area contributed by atoms with Gasteiger partial charge in [-0.2, -0.15) is 15.0 Å². The van der Waals surface area contributed by atoms with Gasteiger partial charge in [-0.05, 0) is 6.92 Å². The van der Waals surface area contributed by atoms with E-state index in [0.29, 0.717) is 18.4 Å². The van der Waals surface area contributed by atoms with E-state index in [9.17, 15) is 0 Å². The molecule has 0 saturated carbocycles. The van der Waals surface area contributed by atoms with Crippen LogP contribution in [0, 0.1) is 6.92 Å². The quantitative estimate of drug-likeness (QED) is 0.826. The Balaban J connectivity index is 1.95. The van der Waals surface area contributed by atoms with Crippen LogP contribution in [0.3, 0.4) is 0 Å². The third-order valence-corrected chi connectivity index (χ3v) is 3.17. The van der Waals surface area contributed by atoms with Gasteiger partial charge in [0.05, 0.1) is 17.8 Å². The highest BCUT2D eigenvalue weighted by Gasteiger charge is 2.05. The first kappa shape index (κ1) is 13.5. The summed E-state index contributed by atoms with van der Waals surface area (Å²) in [6, 6.07) is 0.284. The lowest BCUT2D eigenvalue weighted by Gasteiger charge is -2.07. The van der Waals surface area contributed by atoms with Crippen molar-refractivity contribution in [2.45, 2.75) is 13.3 Å². The molecule has 0 unspecified atom stereocenters. The second-order valence-electron chi connectivity index (χ2n) is 3.75. The van der Waals surface area contributed by atoms with E-state index in [0.717, 1.165) is 17.1 Å². The molecule has 2 aromatic heterocycles. The van der Waals surface area contributed by atoms with Crippen molar-refractivity contribution in [2.75, 3.05) is 31.3 Å². The highest BCUT2D eigenvalue weighted by molar-refractivity contribution is 7.09. The smallest absolute Gasteiger partial charge is 0.322 e. The highest BCUT2D eigenvalue weighted by Crippen LogP contribution is 2.11. The fourth-order valence-electron chi connectivity index (χ4n) is 1.46. The molecule has 0 spiro atoms. The molecule has 0 radical (unpaired) electrons. The number of thiazole rings is 1. The molecule has 0 aliphatic rings. The van der Waals surface area contributed by atoms with Crippen molar-refractivity contribution >= 4 is 23.2 Å². The Hall–Kier alpha value is -1.96. The van der Waals surface area contributed by atoms with E-state index in [2.05, 4.69) is 35.9 Å². The van der Waals surface area contributed by atoms with Gasteiger partial charge in [-0.3, -0.25) is 0 Å². The predicted octanol–water partition coefficient (Wildman–Crippen LogP) is 1.34. The molecular formula is C11H16N6OS. The van der Waals surface area contributed by atoms with Crippen LogP contribution in [0.15, 0.2) is 5.38 Å². The summed E-state index contributed by atoms with van der Waals surface area (Å²) in [5, 5.41) is 9.13. The fraction of sp³-hybridized carbons (Fsp3) is 0.455. The number of aryl methyl sites for hydroxylation is 1. The first-order valence-electron chi connectivity index (χ1n) is 5.84. The summed E-state index contributed by atoms with van der Waals surface area (Å²) in [4.78, 5) is 16.7. The van der Waals surface area contributed by atoms with Crippen LogP contribution in [-0.2, 0) is 6.42 Å². The van der Waals surface area contributed by atoms with Gasteiger partial charge in [0.15, 0.2) is 0 Å². The first-order valence-corrected chi connectivity index (χ1v) is 6.72. The largest absolute Gasteiger partial charge is 0.467 e. The van der Waals surface area contributed by atoms with E-state index in [1.165, 1.54) is 7.11 Å². The number of aromatic nitrogens is 4. The van der Waals surface area contributed by atoms with E-state index in [1.54, 1.807) is 18.4 Å². The average molecular weight is 280 g/mol. The lowest BCUT2D eigenvalue weighted by Crippen LogP contribution is -2.11. The zero-order chi connectivity index (χ0) is 13.7. The van der Waals surface area contributed by atoms with Gasteiger partial charge in [0.25, 0.3) is 0 Å². The van der Waals surface area contributed by atoms with Gasteiger partial charge in [-0.1, -0.05) is 0 Å². The zero-order valence-corrected chi connectivity index (χ0v) is 11.9. The molecule has 0 aromatic carbocycles. The second kappa shape index (κ2) is 6.28. The second-order valence-corrected chi connectivity index (χ2v) is 4.82. The van der Waals surface area contributed by atoms with Crippen molar-refractivity contribution in [1.82, 2.24) is 19.9 Å². The Kier molecular flexibility index (Phi) is 4.45. The van der Waals surface area contributed by atoms with Crippen LogP contribution >= 0.6 is 11.3 Å². The van der Waals surface area contributed by atoms with Crippen molar-refractivity contribution in [3.8, 4) is 6.01 Å². The Morgan fingerprint density at radius 2 is 2.00 bits per heavy atom. The van der Waals surface area contributed by atoms with Gasteiger partial charge >= 0.3 is 6.01 Å². The molecule has 0 aliphatic heterocycles. The molecule has 2 aromatic rings. The molecule has 2 N–H and O–H groups in total. The number of nitrogens with zero attached hydrogens (tertiary/aromatic N) is 4. The van der Waals surface area contributed by atoms with E-state index < -0.39 is 0 Å². The van der Waals surface area contributed by atoms with Gasteiger partial charge in [-0.15, -0.1) is 11.3 Å². The molecule has 7 nitrogen and oxygen atoms in total. The van der Waals surface area contributed by atoms with Crippen LogP contribution in [0.5, 0.6) is 6.01 Å². The number of nitrogens with one attached hydrogen (secondary N) is 2. The summed E-state index contributed by atoms with van der Waals surface area (Å²) in [6.45, 7) is 2.71. The zero-order valence-electron chi connectivity index (χ0n) is 11.1. The molecule has 0 aliphatic carbocycles. The van der Waals surface area contributed by atoms with Crippen molar-refractivity contribution in [3.63, 3.8) is 0 Å². The molecule has 0 amide bonds. The van der Waals surface area contributed by atoms with Crippen LogP contribution in [0.25, 0.3) is 0 Å². The Labute approximate surface area is 115 Å². The fourth-order valence-corrected chi connectivity index (χ4v) is 2.11. The third-order valence-electron chi connectivity index (χ3n) is 2.35. The van der Waals surface area contributed by atoms with Gasteiger partial charge in [0, 0.05) is 25.4 Å². The number of rotatable bonds is 6. The lowest BCUT2D eigenvalue weighted by molar-refractivity contribution is 0.379. The average Bonchev–Trinajstić information content (AvgIpc) is 2.84. The summed E-state index contributed by atoms with van der Waals surface area (Å²) >= 11 is 1.65. The third kappa shape index (κ3) is 3.75. The summed E-state index contributed by atoms with van der Waals surface area (Å²) in [5.41, 5.74) is 1.07. The molecule has 0 fully saturated rings. The molecule has 0 bridgehead atoms. The number of hydrogen-bond acceptors (Lipinski definition) is 8. The van der Waals surface area contributed by atoms with Crippen molar-refractivity contribution in [3.05, 3.63) is 16.1 Å². The summed E-state index contributed by atoms with van der Waals surface area (Å²) < 4.78 is 5.01. The number of hydrogen-bond donors (Lipinski definition) is 2. The molecule has 102 valence electrons. The molecular weight excluding hydrogens is 264 g/mol. The van der Waals surface area contributed by atoms with Gasteiger partial charge in [0.2, 0.25) is 11.9 Å². The van der Waals surface area contributed by atoms with Gasteiger partial charge in [-0.25, -0.2) is 4.98 Å². The number of methoxy groups -OCH3 is 1. The van der Waals surface area contributed by atoms with Gasteiger partial charge < -0.3 is 15.4 Å². The molecule has 19 heavy (non-hydrogen) atoms. The van der Waals surface area contributed by atoms with Crippen LogP contribution < -0.4 is 15.4 Å². The normalized spacial score (nSPS) is 10.3. The van der Waals surface area contributed by atoms with Crippen LogP contribution in [0.2, 0.25) is 0 Å². The molecule has 8 heteroatoms. The van der Waals surface area contributed by atoms with Crippen LogP contribution in [-0.4, -0.2) is 40.6 Å². The molecule has 2 rings (SSSR count). The lowest BCUT2D eigenvalue weighted by atomic mass is 10.3. The van der Waals surface area contributed by atoms with Crippen molar-refractivity contribution in [1.29, 1.82) is 0 Å². The summed E-state index contributed by atoms with van der Waals surface area (Å²) in [7, 11) is 3.27. The molecule has 0 atom stereocenters. The predicted molar refractivity (Wildman–Crippen MR) is 75.0 cm³/mol. The SMILES string of the molecule is CNc1nc(NCCc2csc(C)n2)nc(OC)n1. The van der Waals surface area contributed by atoms with Gasteiger partial charge in [0.1, 0.15) is 0 Å². The summed E-state index contributed by atoms with van der Waals surface area (Å²) in [5.74, 6) is 0.960. The molecule has 0 saturated heterocycles. The minimum atomic E-state index is 0.284.